The molecule has 0 amide bonds. The van der Waals surface area contributed by atoms with E-state index in [0.717, 1.165) is 11.1 Å². The summed E-state index contributed by atoms with van der Waals surface area (Å²) in [5, 5.41) is 20.1. The van der Waals surface area contributed by atoms with E-state index in [-0.39, 0.29) is 13.0 Å². The van der Waals surface area contributed by atoms with E-state index in [4.69, 9.17) is 14.9 Å². The van der Waals surface area contributed by atoms with Gasteiger partial charge in [-0.1, -0.05) is 12.1 Å². The minimum absolute atomic E-state index is 0.102. The third-order valence-corrected chi connectivity index (χ3v) is 3.10. The van der Waals surface area contributed by atoms with Crippen LogP contribution in [0.5, 0.6) is 5.75 Å². The molecule has 0 bridgehead atoms. The van der Waals surface area contributed by atoms with E-state index in [1.807, 2.05) is 30.1 Å². The van der Waals surface area contributed by atoms with E-state index < -0.39 is 11.9 Å². The van der Waals surface area contributed by atoms with Gasteiger partial charge < -0.3 is 25.2 Å². The molecule has 0 heterocycles. The number of benzene rings is 1. The zero-order chi connectivity index (χ0) is 16.5. The van der Waals surface area contributed by atoms with E-state index in [0.29, 0.717) is 25.4 Å². The summed E-state index contributed by atoms with van der Waals surface area (Å²) >= 11 is 0. The molecule has 0 fully saturated rings. The molecule has 0 saturated carbocycles. The van der Waals surface area contributed by atoms with Crippen molar-refractivity contribution < 1.29 is 24.5 Å². The number of rotatable bonds is 10. The van der Waals surface area contributed by atoms with Crippen molar-refractivity contribution in [2.24, 2.45) is 0 Å². The first kappa shape index (κ1) is 17.9. The summed E-state index contributed by atoms with van der Waals surface area (Å²) in [4.78, 5) is 23.0. The fraction of sp³-hybridized carbons (Fsp3) is 0.467. The molecule has 22 heavy (non-hydrogen) atoms. The summed E-state index contributed by atoms with van der Waals surface area (Å²) in [6.45, 7) is 1.39. The lowest BCUT2D eigenvalue weighted by molar-refractivity contribution is -0.137. The third-order valence-electron chi connectivity index (χ3n) is 3.10. The molecular formula is C15H22N2O5. The number of carboxylic acid groups (broad SMARTS) is 2. The van der Waals surface area contributed by atoms with Gasteiger partial charge in [-0.15, -0.1) is 0 Å². The predicted octanol–water partition coefficient (Wildman–Crippen LogP) is 0.776. The van der Waals surface area contributed by atoms with Gasteiger partial charge in [0.25, 0.3) is 0 Å². The van der Waals surface area contributed by atoms with Gasteiger partial charge in [-0.2, -0.15) is 0 Å². The molecule has 0 saturated heterocycles. The SMILES string of the molecule is COc1cc(CN(C)CCC(=O)O)ccc1CNCC(=O)O. The van der Waals surface area contributed by atoms with Crippen molar-refractivity contribution in [3.63, 3.8) is 0 Å². The molecule has 3 N–H and O–H groups in total. The molecular weight excluding hydrogens is 288 g/mol. The lowest BCUT2D eigenvalue weighted by Crippen LogP contribution is -2.22. The van der Waals surface area contributed by atoms with Crippen LogP contribution in [0.1, 0.15) is 17.5 Å². The average Bonchev–Trinajstić information content (AvgIpc) is 2.46. The second-order valence-electron chi connectivity index (χ2n) is 5.03. The quantitative estimate of drug-likeness (QED) is 0.587. The van der Waals surface area contributed by atoms with Crippen LogP contribution in [0.2, 0.25) is 0 Å². The minimum Gasteiger partial charge on any atom is -0.496 e. The highest BCUT2D eigenvalue weighted by atomic mass is 16.5. The minimum atomic E-state index is -0.907. The molecule has 1 aromatic carbocycles. The Bertz CT molecular complexity index is 519. The largest absolute Gasteiger partial charge is 0.496 e. The molecule has 1 aromatic rings. The number of carboxylic acids is 2. The average molecular weight is 310 g/mol. The smallest absolute Gasteiger partial charge is 0.317 e. The van der Waals surface area contributed by atoms with E-state index in [2.05, 4.69) is 5.32 Å². The van der Waals surface area contributed by atoms with Gasteiger partial charge in [-0.3, -0.25) is 9.59 Å². The highest BCUT2D eigenvalue weighted by Crippen LogP contribution is 2.21. The summed E-state index contributed by atoms with van der Waals surface area (Å²) in [6.07, 6.45) is 0.102. The van der Waals surface area contributed by atoms with Crippen molar-refractivity contribution >= 4 is 11.9 Å². The van der Waals surface area contributed by atoms with Crippen LogP contribution in [-0.2, 0) is 22.7 Å². The van der Waals surface area contributed by atoms with Gasteiger partial charge in [-0.25, -0.2) is 0 Å². The number of hydrogen-bond donors (Lipinski definition) is 3. The normalized spacial score (nSPS) is 10.7. The molecule has 0 unspecified atom stereocenters. The highest BCUT2D eigenvalue weighted by Gasteiger charge is 2.08. The number of nitrogens with one attached hydrogen (secondary N) is 1. The molecule has 0 atom stereocenters. The second-order valence-corrected chi connectivity index (χ2v) is 5.03. The zero-order valence-corrected chi connectivity index (χ0v) is 12.8. The molecule has 0 aromatic heterocycles. The lowest BCUT2D eigenvalue weighted by Gasteiger charge is -2.17. The van der Waals surface area contributed by atoms with Crippen molar-refractivity contribution in [2.45, 2.75) is 19.5 Å². The Hall–Kier alpha value is -2.12. The molecule has 1 rings (SSSR count). The Morgan fingerprint density at radius 1 is 1.27 bits per heavy atom. The number of ether oxygens (including phenoxy) is 1. The van der Waals surface area contributed by atoms with Crippen LogP contribution >= 0.6 is 0 Å². The maximum atomic E-state index is 10.6. The van der Waals surface area contributed by atoms with Gasteiger partial charge in [0.15, 0.2) is 0 Å². The molecule has 0 aliphatic heterocycles. The Labute approximate surface area is 129 Å². The summed E-state index contributed by atoms with van der Waals surface area (Å²) < 4.78 is 5.32. The number of hydrogen-bond acceptors (Lipinski definition) is 5. The standard InChI is InChI=1S/C15H22N2O5/c1-17(6-5-14(18)19)10-11-3-4-12(13(7-11)22-2)8-16-9-15(20)21/h3-4,7,16H,5-6,8-10H2,1-2H3,(H,18,19)(H,20,21). The molecule has 0 aliphatic carbocycles. The number of nitrogens with zero attached hydrogens (tertiary/aromatic N) is 1. The van der Waals surface area contributed by atoms with Crippen molar-refractivity contribution in [2.75, 3.05) is 27.2 Å². The van der Waals surface area contributed by atoms with Gasteiger partial charge in [-0.05, 0) is 18.7 Å². The number of carbonyl (C=O) groups is 2. The monoisotopic (exact) mass is 310 g/mol. The van der Waals surface area contributed by atoms with Crippen LogP contribution in [-0.4, -0.2) is 54.3 Å². The summed E-state index contributed by atoms with van der Waals surface area (Å²) in [6, 6.07) is 5.70. The summed E-state index contributed by atoms with van der Waals surface area (Å²) in [5.74, 6) is -1.04. The second kappa shape index (κ2) is 9.01. The van der Waals surface area contributed by atoms with Gasteiger partial charge in [0, 0.05) is 25.2 Å². The van der Waals surface area contributed by atoms with E-state index in [1.54, 1.807) is 7.11 Å². The van der Waals surface area contributed by atoms with Gasteiger partial charge in [0.2, 0.25) is 0 Å². The first-order valence-corrected chi connectivity index (χ1v) is 6.91. The highest BCUT2D eigenvalue weighted by molar-refractivity contribution is 5.69. The van der Waals surface area contributed by atoms with Crippen LogP contribution in [0, 0.1) is 0 Å². The van der Waals surface area contributed by atoms with Crippen LogP contribution in [0.3, 0.4) is 0 Å². The van der Waals surface area contributed by atoms with E-state index >= 15 is 0 Å². The van der Waals surface area contributed by atoms with Crippen molar-refractivity contribution in [3.05, 3.63) is 29.3 Å². The molecule has 0 radical (unpaired) electrons. The predicted molar refractivity (Wildman–Crippen MR) is 80.9 cm³/mol. The van der Waals surface area contributed by atoms with Crippen LogP contribution in [0.4, 0.5) is 0 Å². The zero-order valence-electron chi connectivity index (χ0n) is 12.8. The van der Waals surface area contributed by atoms with Gasteiger partial charge in [0.1, 0.15) is 5.75 Å². The Kier molecular flexibility index (Phi) is 7.34. The maximum absolute atomic E-state index is 10.6. The molecule has 0 spiro atoms. The molecule has 7 nitrogen and oxygen atoms in total. The van der Waals surface area contributed by atoms with Crippen LogP contribution in [0.15, 0.2) is 18.2 Å². The van der Waals surface area contributed by atoms with Crippen molar-refractivity contribution in [1.29, 1.82) is 0 Å². The van der Waals surface area contributed by atoms with Crippen molar-refractivity contribution in [1.82, 2.24) is 10.2 Å². The number of aliphatic carboxylic acids is 2. The Morgan fingerprint density at radius 3 is 2.59 bits per heavy atom. The van der Waals surface area contributed by atoms with Crippen molar-refractivity contribution in [3.8, 4) is 5.75 Å². The molecule has 7 heteroatoms. The fourth-order valence-corrected chi connectivity index (χ4v) is 2.01. The molecule has 122 valence electrons. The number of methoxy groups -OCH3 is 1. The first-order valence-electron chi connectivity index (χ1n) is 6.91. The Morgan fingerprint density at radius 2 is 2.00 bits per heavy atom. The van der Waals surface area contributed by atoms with E-state index in [1.165, 1.54) is 0 Å². The topological polar surface area (TPSA) is 99.1 Å². The third kappa shape index (κ3) is 6.55. The molecule has 0 aliphatic rings. The summed E-state index contributed by atoms with van der Waals surface area (Å²) in [7, 11) is 3.42. The summed E-state index contributed by atoms with van der Waals surface area (Å²) in [5.41, 5.74) is 1.88. The van der Waals surface area contributed by atoms with Crippen LogP contribution in [0.25, 0.3) is 0 Å². The maximum Gasteiger partial charge on any atom is 0.317 e. The first-order chi connectivity index (χ1) is 10.4. The van der Waals surface area contributed by atoms with Gasteiger partial charge in [0.05, 0.1) is 20.1 Å². The fourth-order valence-electron chi connectivity index (χ4n) is 2.01. The van der Waals surface area contributed by atoms with Gasteiger partial charge >= 0.3 is 11.9 Å². The Balaban J connectivity index is 2.63. The van der Waals surface area contributed by atoms with Crippen LogP contribution < -0.4 is 10.1 Å². The van der Waals surface area contributed by atoms with E-state index in [9.17, 15) is 9.59 Å². The lowest BCUT2D eigenvalue weighted by atomic mass is 10.1.